The van der Waals surface area contributed by atoms with Gasteiger partial charge in [-0.25, -0.2) is 10.4 Å². The van der Waals surface area contributed by atoms with Gasteiger partial charge in [0.1, 0.15) is 6.54 Å². The number of benzene rings is 1. The first-order valence-corrected chi connectivity index (χ1v) is 6.87. The molecule has 22 heavy (non-hydrogen) atoms. The molecular weight excluding hydrogens is 278 g/mol. The third-order valence-electron chi connectivity index (χ3n) is 3.27. The summed E-state index contributed by atoms with van der Waals surface area (Å²) >= 11 is 0. The van der Waals surface area contributed by atoms with Crippen molar-refractivity contribution in [3.05, 3.63) is 60.7 Å². The van der Waals surface area contributed by atoms with Crippen LogP contribution in [0.2, 0.25) is 0 Å². The van der Waals surface area contributed by atoms with Crippen molar-refractivity contribution in [1.82, 2.24) is 20.0 Å². The van der Waals surface area contributed by atoms with Crippen molar-refractivity contribution in [3.63, 3.8) is 0 Å². The zero-order chi connectivity index (χ0) is 15.4. The number of amides is 1. The fraction of sp³-hybridized carbons (Fsp3) is 0.125. The molecule has 0 aliphatic heterocycles. The third kappa shape index (κ3) is 3.01. The lowest BCUT2D eigenvalue weighted by Gasteiger charge is -2.04. The van der Waals surface area contributed by atoms with E-state index in [9.17, 15) is 4.79 Å². The molecule has 2 aromatic heterocycles. The van der Waals surface area contributed by atoms with Crippen LogP contribution >= 0.6 is 0 Å². The largest absolute Gasteiger partial charge is 0.321 e. The molecule has 110 valence electrons. The van der Waals surface area contributed by atoms with Gasteiger partial charge in [0.05, 0.1) is 23.1 Å². The number of imidazole rings is 1. The van der Waals surface area contributed by atoms with Gasteiger partial charge in [-0.05, 0) is 25.1 Å². The summed E-state index contributed by atoms with van der Waals surface area (Å²) in [5, 5.41) is 4.10. The van der Waals surface area contributed by atoms with Crippen LogP contribution in [0.15, 0.2) is 60.2 Å². The van der Waals surface area contributed by atoms with Gasteiger partial charge in [0.25, 0.3) is 5.91 Å². The molecule has 0 radical (unpaired) electrons. The van der Waals surface area contributed by atoms with Crippen LogP contribution in [0.3, 0.4) is 0 Å². The molecule has 0 aliphatic carbocycles. The molecule has 3 rings (SSSR count). The minimum Gasteiger partial charge on any atom is -0.321 e. The maximum absolute atomic E-state index is 12.0. The minimum absolute atomic E-state index is 0.171. The molecule has 1 aromatic carbocycles. The highest BCUT2D eigenvalue weighted by molar-refractivity contribution is 5.98. The Balaban J connectivity index is 1.68. The summed E-state index contributed by atoms with van der Waals surface area (Å²) in [6.45, 7) is 1.99. The lowest BCUT2D eigenvalue weighted by Crippen LogP contribution is -2.24. The van der Waals surface area contributed by atoms with Crippen LogP contribution in [0, 0.1) is 0 Å². The number of carbonyl (C=O) groups is 1. The Morgan fingerprint density at radius 3 is 2.95 bits per heavy atom. The zero-order valence-corrected chi connectivity index (χ0v) is 12.1. The Kier molecular flexibility index (Phi) is 3.91. The fourth-order valence-electron chi connectivity index (χ4n) is 2.11. The standard InChI is InChI=1S/C16H15N5O/c1-12(13-5-4-8-17-9-13)19-20-16(22)10-21-11-18-14-6-2-3-7-15(14)21/h2-9,11H,10H2,1H3,(H,20,22)/b19-12-. The molecule has 0 atom stereocenters. The van der Waals surface area contributed by atoms with Crippen LogP contribution in [0.4, 0.5) is 0 Å². The Labute approximate surface area is 127 Å². The van der Waals surface area contributed by atoms with Crippen LogP contribution in [0.1, 0.15) is 12.5 Å². The van der Waals surface area contributed by atoms with E-state index in [0.717, 1.165) is 16.6 Å². The number of nitrogens with one attached hydrogen (secondary N) is 1. The number of hydrazone groups is 1. The maximum Gasteiger partial charge on any atom is 0.260 e. The molecule has 0 fully saturated rings. The molecule has 0 unspecified atom stereocenters. The number of aromatic nitrogens is 3. The van der Waals surface area contributed by atoms with Crippen molar-refractivity contribution in [2.75, 3.05) is 0 Å². The Bertz CT molecular complexity index is 823. The summed E-state index contributed by atoms with van der Waals surface area (Å²) in [7, 11) is 0. The number of nitrogens with zero attached hydrogens (tertiary/aromatic N) is 4. The van der Waals surface area contributed by atoms with E-state index < -0.39 is 0 Å². The van der Waals surface area contributed by atoms with Gasteiger partial charge in [-0.1, -0.05) is 18.2 Å². The molecule has 3 aromatic rings. The van der Waals surface area contributed by atoms with E-state index in [1.165, 1.54) is 0 Å². The van der Waals surface area contributed by atoms with E-state index in [-0.39, 0.29) is 12.5 Å². The van der Waals surface area contributed by atoms with Crippen molar-refractivity contribution in [2.24, 2.45) is 5.10 Å². The van der Waals surface area contributed by atoms with Gasteiger partial charge in [0.2, 0.25) is 0 Å². The van der Waals surface area contributed by atoms with E-state index in [0.29, 0.717) is 5.71 Å². The highest BCUT2D eigenvalue weighted by atomic mass is 16.2. The van der Waals surface area contributed by atoms with Gasteiger partial charge in [-0.3, -0.25) is 9.78 Å². The average molecular weight is 293 g/mol. The summed E-state index contributed by atoms with van der Waals surface area (Å²) in [6, 6.07) is 11.4. The normalized spacial score (nSPS) is 11.6. The van der Waals surface area contributed by atoms with E-state index >= 15 is 0 Å². The Morgan fingerprint density at radius 2 is 2.14 bits per heavy atom. The highest BCUT2D eigenvalue weighted by Crippen LogP contribution is 2.11. The molecule has 6 heteroatoms. The molecule has 0 saturated carbocycles. The predicted molar refractivity (Wildman–Crippen MR) is 84.3 cm³/mol. The zero-order valence-electron chi connectivity index (χ0n) is 12.1. The second-order valence-corrected chi connectivity index (χ2v) is 4.84. The van der Waals surface area contributed by atoms with Crippen molar-refractivity contribution in [1.29, 1.82) is 0 Å². The number of fused-ring (bicyclic) bond motifs is 1. The smallest absolute Gasteiger partial charge is 0.260 e. The first kappa shape index (κ1) is 13.9. The fourth-order valence-corrected chi connectivity index (χ4v) is 2.11. The first-order valence-electron chi connectivity index (χ1n) is 6.87. The van der Waals surface area contributed by atoms with Crippen LogP contribution in [0.25, 0.3) is 11.0 Å². The molecule has 2 heterocycles. The molecule has 1 N–H and O–H groups in total. The Hall–Kier alpha value is -3.02. The van der Waals surface area contributed by atoms with Gasteiger partial charge in [0.15, 0.2) is 0 Å². The number of pyridine rings is 1. The molecule has 0 saturated heterocycles. The van der Waals surface area contributed by atoms with E-state index in [1.54, 1.807) is 23.3 Å². The molecule has 0 bridgehead atoms. The summed E-state index contributed by atoms with van der Waals surface area (Å²) in [6.07, 6.45) is 5.05. The van der Waals surface area contributed by atoms with Crippen LogP contribution in [-0.4, -0.2) is 26.2 Å². The number of carbonyl (C=O) groups excluding carboxylic acids is 1. The van der Waals surface area contributed by atoms with Crippen LogP contribution in [-0.2, 0) is 11.3 Å². The summed E-state index contributed by atoms with van der Waals surface area (Å²) in [4.78, 5) is 20.3. The average Bonchev–Trinajstić information content (AvgIpc) is 2.97. The minimum atomic E-state index is -0.202. The summed E-state index contributed by atoms with van der Waals surface area (Å²) < 4.78 is 1.79. The van der Waals surface area contributed by atoms with Gasteiger partial charge in [0, 0.05) is 18.0 Å². The van der Waals surface area contributed by atoms with Crippen LogP contribution < -0.4 is 5.43 Å². The summed E-state index contributed by atoms with van der Waals surface area (Å²) in [5.41, 5.74) is 5.92. The molecule has 0 spiro atoms. The lowest BCUT2D eigenvalue weighted by atomic mass is 10.2. The summed E-state index contributed by atoms with van der Waals surface area (Å²) in [5.74, 6) is -0.202. The van der Waals surface area contributed by atoms with Gasteiger partial charge in [-0.2, -0.15) is 5.10 Å². The molecule has 6 nitrogen and oxygen atoms in total. The van der Waals surface area contributed by atoms with Gasteiger partial charge < -0.3 is 4.57 Å². The van der Waals surface area contributed by atoms with Crippen LogP contribution in [0.5, 0.6) is 0 Å². The maximum atomic E-state index is 12.0. The highest BCUT2D eigenvalue weighted by Gasteiger charge is 2.06. The van der Waals surface area contributed by atoms with Gasteiger partial charge in [-0.15, -0.1) is 0 Å². The SMILES string of the molecule is C/C(=N/NC(=O)Cn1cnc2ccccc21)c1cccnc1. The van der Waals surface area contributed by atoms with E-state index in [2.05, 4.69) is 20.5 Å². The predicted octanol–water partition coefficient (Wildman–Crippen LogP) is 1.97. The van der Waals surface area contributed by atoms with Crippen molar-refractivity contribution in [2.45, 2.75) is 13.5 Å². The van der Waals surface area contributed by atoms with Gasteiger partial charge >= 0.3 is 0 Å². The third-order valence-corrected chi connectivity index (χ3v) is 3.27. The lowest BCUT2D eigenvalue weighted by molar-refractivity contribution is -0.121. The second-order valence-electron chi connectivity index (χ2n) is 4.84. The second kappa shape index (κ2) is 6.17. The molecule has 1 amide bonds. The number of hydrogen-bond acceptors (Lipinski definition) is 4. The molecular formula is C16H15N5O. The monoisotopic (exact) mass is 293 g/mol. The number of para-hydroxylation sites is 2. The van der Waals surface area contributed by atoms with Crippen molar-refractivity contribution >= 4 is 22.7 Å². The van der Waals surface area contributed by atoms with Crippen molar-refractivity contribution in [3.8, 4) is 0 Å². The number of rotatable bonds is 4. The first-order chi connectivity index (χ1) is 10.7. The van der Waals surface area contributed by atoms with E-state index in [4.69, 9.17) is 0 Å². The Morgan fingerprint density at radius 1 is 1.27 bits per heavy atom. The molecule has 0 aliphatic rings. The number of hydrogen-bond donors (Lipinski definition) is 1. The van der Waals surface area contributed by atoms with E-state index in [1.807, 2.05) is 43.3 Å². The topological polar surface area (TPSA) is 72.2 Å². The quantitative estimate of drug-likeness (QED) is 0.590. The van der Waals surface area contributed by atoms with Crippen molar-refractivity contribution < 1.29 is 4.79 Å².